The van der Waals surface area contributed by atoms with E-state index in [1.165, 1.54) is 10.9 Å². The zero-order valence-electron chi connectivity index (χ0n) is 16.9. The second kappa shape index (κ2) is 8.86. The van der Waals surface area contributed by atoms with Crippen LogP contribution in [-0.2, 0) is 19.0 Å². The number of ether oxygens (including phenoxy) is 3. The Kier molecular flexibility index (Phi) is 5.92. The predicted molar refractivity (Wildman–Crippen MR) is 109 cm³/mol. The first kappa shape index (κ1) is 22.0. The number of aromatic nitrogens is 3. The highest BCUT2D eigenvalue weighted by molar-refractivity contribution is 6.64. The van der Waals surface area contributed by atoms with Crippen LogP contribution in [0.3, 0.4) is 0 Å². The van der Waals surface area contributed by atoms with Crippen molar-refractivity contribution in [3.8, 4) is 11.3 Å². The highest BCUT2D eigenvalue weighted by Crippen LogP contribution is 2.39. The van der Waals surface area contributed by atoms with E-state index in [0.717, 1.165) is 17.7 Å². The number of benzene rings is 2. The zero-order chi connectivity index (χ0) is 23.1. The number of nitrogens with zero attached hydrogens (tertiary/aromatic N) is 3. The number of hydrogen-bond acceptors (Lipinski definition) is 6. The summed E-state index contributed by atoms with van der Waals surface area (Å²) in [6.45, 7) is 0.150. The maximum absolute atomic E-state index is 13.7. The number of fused-ring (bicyclic) bond motifs is 1. The lowest BCUT2D eigenvalue weighted by Crippen LogP contribution is -2.54. The van der Waals surface area contributed by atoms with Crippen LogP contribution in [0.4, 0.5) is 13.2 Å². The second-order valence-electron chi connectivity index (χ2n) is 7.78. The average Bonchev–Trinajstić information content (AvgIpc) is 3.32. The van der Waals surface area contributed by atoms with Crippen molar-refractivity contribution < 1.29 is 32.2 Å². The summed E-state index contributed by atoms with van der Waals surface area (Å²) in [5.41, 5.74) is 0.944. The Labute approximate surface area is 191 Å². The summed E-state index contributed by atoms with van der Waals surface area (Å²) in [5, 5.41) is 7.37. The van der Waals surface area contributed by atoms with Crippen molar-refractivity contribution in [2.75, 3.05) is 6.61 Å². The first-order valence-electron chi connectivity index (χ1n) is 10.1. The lowest BCUT2D eigenvalue weighted by atomic mass is 9.94. The van der Waals surface area contributed by atoms with Crippen molar-refractivity contribution in [1.29, 1.82) is 0 Å². The Balaban J connectivity index is 1.46. The van der Waals surface area contributed by atoms with Crippen molar-refractivity contribution in [1.82, 2.24) is 15.0 Å². The van der Waals surface area contributed by atoms with Gasteiger partial charge in [0.05, 0.1) is 18.8 Å². The SMILES string of the molecule is O=C(Cl)[C@H]1C[C@@H](n2cc(-c3cc(F)c(F)c(F)c3)nn2)[C@H]2O[C@@H](c3ccccc3)OC[C@H]2O1. The molecule has 2 saturated heterocycles. The molecule has 2 aliphatic heterocycles. The lowest BCUT2D eigenvalue weighted by Gasteiger charge is -2.45. The van der Waals surface area contributed by atoms with E-state index in [-0.39, 0.29) is 24.3 Å². The maximum atomic E-state index is 13.7. The number of hydrogen-bond donors (Lipinski definition) is 0. The van der Waals surface area contributed by atoms with Gasteiger partial charge in [0.1, 0.15) is 24.0 Å². The van der Waals surface area contributed by atoms with E-state index in [4.69, 9.17) is 25.8 Å². The van der Waals surface area contributed by atoms with Crippen molar-refractivity contribution in [3.05, 3.63) is 71.7 Å². The fourth-order valence-corrected chi connectivity index (χ4v) is 4.23. The third-order valence-electron chi connectivity index (χ3n) is 5.69. The molecule has 0 spiro atoms. The molecular formula is C22H17ClF3N3O4. The van der Waals surface area contributed by atoms with Gasteiger partial charge in [-0.15, -0.1) is 5.10 Å². The van der Waals surface area contributed by atoms with Crippen LogP contribution in [0.25, 0.3) is 11.3 Å². The molecule has 0 aliphatic carbocycles. The smallest absolute Gasteiger partial charge is 0.250 e. The third-order valence-corrected chi connectivity index (χ3v) is 5.93. The molecule has 33 heavy (non-hydrogen) atoms. The van der Waals surface area contributed by atoms with E-state index in [0.29, 0.717) is 0 Å². The molecule has 0 N–H and O–H groups in total. The predicted octanol–water partition coefficient (Wildman–Crippen LogP) is 3.94. The molecule has 7 nitrogen and oxygen atoms in total. The average molecular weight is 480 g/mol. The maximum Gasteiger partial charge on any atom is 0.250 e. The molecule has 0 amide bonds. The summed E-state index contributed by atoms with van der Waals surface area (Å²) in [5.74, 6) is -4.24. The Morgan fingerprint density at radius 3 is 2.52 bits per heavy atom. The molecule has 2 fully saturated rings. The van der Waals surface area contributed by atoms with Gasteiger partial charge in [-0.2, -0.15) is 0 Å². The van der Waals surface area contributed by atoms with E-state index >= 15 is 0 Å². The molecule has 2 aliphatic rings. The van der Waals surface area contributed by atoms with Crippen LogP contribution in [0.2, 0.25) is 0 Å². The molecule has 0 unspecified atom stereocenters. The summed E-state index contributed by atoms with van der Waals surface area (Å²) in [6, 6.07) is 10.4. The Hall–Kier alpha value is -2.79. The molecule has 5 atom stereocenters. The first-order valence-corrected chi connectivity index (χ1v) is 10.5. The van der Waals surface area contributed by atoms with Crippen molar-refractivity contribution in [2.45, 2.75) is 37.1 Å². The van der Waals surface area contributed by atoms with Crippen LogP contribution in [-0.4, -0.2) is 45.2 Å². The molecule has 5 rings (SSSR count). The fourth-order valence-electron chi connectivity index (χ4n) is 4.09. The molecular weight excluding hydrogens is 463 g/mol. The summed E-state index contributed by atoms with van der Waals surface area (Å²) in [7, 11) is 0. The van der Waals surface area contributed by atoms with Crippen LogP contribution in [0.15, 0.2) is 48.7 Å². The topological polar surface area (TPSA) is 75.5 Å². The van der Waals surface area contributed by atoms with Gasteiger partial charge in [0.25, 0.3) is 5.24 Å². The van der Waals surface area contributed by atoms with Gasteiger partial charge in [-0.1, -0.05) is 35.5 Å². The monoisotopic (exact) mass is 479 g/mol. The highest BCUT2D eigenvalue weighted by atomic mass is 35.5. The summed E-state index contributed by atoms with van der Waals surface area (Å²) >= 11 is 5.71. The van der Waals surface area contributed by atoms with Crippen LogP contribution in [0, 0.1) is 17.5 Å². The van der Waals surface area contributed by atoms with Gasteiger partial charge in [-0.05, 0) is 23.7 Å². The summed E-state index contributed by atoms with van der Waals surface area (Å²) in [6.07, 6.45) is -1.18. The van der Waals surface area contributed by atoms with E-state index in [9.17, 15) is 18.0 Å². The number of rotatable bonds is 4. The molecule has 2 aromatic carbocycles. The van der Waals surface area contributed by atoms with Gasteiger partial charge >= 0.3 is 0 Å². The van der Waals surface area contributed by atoms with E-state index in [1.807, 2.05) is 30.3 Å². The lowest BCUT2D eigenvalue weighted by molar-refractivity contribution is -0.296. The number of carbonyl (C=O) groups excluding carboxylic acids is 1. The standard InChI is InChI=1S/C22H17ClF3N3O4/c23-21(30)17-8-16(20-18(32-17)10-31-22(33-20)11-4-2-1-3-5-11)29-9-15(27-28-29)12-6-13(24)19(26)14(25)7-12/h1-7,9,16-18,20,22H,8,10H2/t16-,17-,18-,20-,22+/m1/s1. The van der Waals surface area contributed by atoms with Crippen LogP contribution in [0.5, 0.6) is 0 Å². The largest absolute Gasteiger partial charge is 0.361 e. The van der Waals surface area contributed by atoms with Crippen LogP contribution in [0.1, 0.15) is 24.3 Å². The number of carbonyl (C=O) groups is 1. The molecule has 3 heterocycles. The van der Waals surface area contributed by atoms with E-state index in [2.05, 4.69) is 10.3 Å². The van der Waals surface area contributed by atoms with Crippen LogP contribution >= 0.6 is 11.6 Å². The Morgan fingerprint density at radius 1 is 1.09 bits per heavy atom. The normalized spacial score (nSPS) is 27.2. The van der Waals surface area contributed by atoms with Gasteiger partial charge in [0, 0.05) is 17.5 Å². The van der Waals surface area contributed by atoms with E-state index < -0.39 is 53.3 Å². The van der Waals surface area contributed by atoms with Gasteiger partial charge in [0.15, 0.2) is 23.7 Å². The first-order chi connectivity index (χ1) is 15.9. The van der Waals surface area contributed by atoms with Gasteiger partial charge < -0.3 is 14.2 Å². The Morgan fingerprint density at radius 2 is 1.82 bits per heavy atom. The molecule has 1 aromatic heterocycles. The number of halogens is 4. The molecule has 0 bridgehead atoms. The summed E-state index contributed by atoms with van der Waals surface area (Å²) < 4.78 is 59.9. The zero-order valence-corrected chi connectivity index (χ0v) is 17.7. The quantitative estimate of drug-likeness (QED) is 0.417. The van der Waals surface area contributed by atoms with Crippen LogP contribution < -0.4 is 0 Å². The molecule has 0 saturated carbocycles. The molecule has 172 valence electrons. The van der Waals surface area contributed by atoms with E-state index in [1.54, 1.807) is 0 Å². The third kappa shape index (κ3) is 4.26. The highest BCUT2D eigenvalue weighted by Gasteiger charge is 2.47. The fraction of sp³-hybridized carbons (Fsp3) is 0.318. The van der Waals surface area contributed by atoms with Crippen molar-refractivity contribution in [2.24, 2.45) is 0 Å². The van der Waals surface area contributed by atoms with Gasteiger partial charge in [0.2, 0.25) is 0 Å². The Bertz CT molecular complexity index is 1160. The minimum Gasteiger partial charge on any atom is -0.361 e. The molecule has 0 radical (unpaired) electrons. The van der Waals surface area contributed by atoms with Gasteiger partial charge in [-0.3, -0.25) is 4.79 Å². The minimum absolute atomic E-state index is 0.0151. The molecule has 3 aromatic rings. The summed E-state index contributed by atoms with van der Waals surface area (Å²) in [4.78, 5) is 11.9. The van der Waals surface area contributed by atoms with Crippen molar-refractivity contribution >= 4 is 16.8 Å². The second-order valence-corrected chi connectivity index (χ2v) is 8.16. The van der Waals surface area contributed by atoms with Gasteiger partial charge in [-0.25, -0.2) is 17.9 Å². The molecule has 11 heteroatoms. The van der Waals surface area contributed by atoms with Crippen molar-refractivity contribution in [3.63, 3.8) is 0 Å². The minimum atomic E-state index is -1.57.